The Morgan fingerprint density at radius 2 is 1.92 bits per heavy atom. The van der Waals surface area contributed by atoms with E-state index in [1.807, 2.05) is 0 Å². The number of hydrogen-bond acceptors (Lipinski definition) is 6. The van der Waals surface area contributed by atoms with Crippen LogP contribution in [-0.4, -0.2) is 32.1 Å². The van der Waals surface area contributed by atoms with Crippen LogP contribution in [0.3, 0.4) is 0 Å². The van der Waals surface area contributed by atoms with E-state index in [0.29, 0.717) is 10.7 Å². The number of anilines is 2. The number of carbonyl (C=O) groups excluding carboxylic acids is 2. The Labute approximate surface area is 152 Å². The molecule has 0 bridgehead atoms. The molecule has 25 heavy (non-hydrogen) atoms. The topological polar surface area (TPSA) is 124 Å². The maximum Gasteiger partial charge on any atom is 0.279 e. The minimum atomic E-state index is -0.712. The van der Waals surface area contributed by atoms with Crippen LogP contribution in [0.1, 0.15) is 13.8 Å². The van der Waals surface area contributed by atoms with Gasteiger partial charge in [-0.25, -0.2) is 0 Å². The minimum absolute atomic E-state index is 0.0513. The number of hydrogen-bond donors (Lipinski definition) is 4. The van der Waals surface area contributed by atoms with Crippen LogP contribution in [0.2, 0.25) is 5.02 Å². The van der Waals surface area contributed by atoms with Crippen LogP contribution in [0, 0.1) is 0 Å². The molecule has 4 N–H and O–H groups in total. The van der Waals surface area contributed by atoms with Gasteiger partial charge in [0.2, 0.25) is 17.7 Å². The number of H-pyrrole nitrogens is 1. The smallest absolute Gasteiger partial charge is 0.279 e. The number of amides is 2. The molecule has 2 rings (SSSR count). The summed E-state index contributed by atoms with van der Waals surface area (Å²) in [5, 5.41) is 14.6. The summed E-state index contributed by atoms with van der Waals surface area (Å²) in [5.74, 6) is -1.45. The zero-order chi connectivity index (χ0) is 18.6. The molecular formula is C15H15ClN4O4S. The Morgan fingerprint density at radius 3 is 2.48 bits per heavy atom. The summed E-state index contributed by atoms with van der Waals surface area (Å²) in [5.41, 5.74) is -0.474. The molecule has 0 aliphatic carbocycles. The Morgan fingerprint density at radius 1 is 1.28 bits per heavy atom. The van der Waals surface area contributed by atoms with Crippen molar-refractivity contribution in [3.63, 3.8) is 0 Å². The Kier molecular flexibility index (Phi) is 6.05. The van der Waals surface area contributed by atoms with Gasteiger partial charge in [0.25, 0.3) is 5.56 Å². The van der Waals surface area contributed by atoms with Gasteiger partial charge in [0, 0.05) is 17.6 Å². The van der Waals surface area contributed by atoms with Crippen molar-refractivity contribution in [2.75, 3.05) is 10.6 Å². The number of aromatic nitrogens is 2. The monoisotopic (exact) mass is 382 g/mol. The molecule has 1 atom stereocenters. The van der Waals surface area contributed by atoms with Crippen molar-refractivity contribution in [2.45, 2.75) is 24.3 Å². The Hall–Kier alpha value is -2.52. The number of aromatic hydroxyl groups is 1. The fourth-order valence-electron chi connectivity index (χ4n) is 1.78. The number of nitrogens with zero attached hydrogens (tertiary/aromatic N) is 1. The summed E-state index contributed by atoms with van der Waals surface area (Å²) in [6.45, 7) is 2.82. The number of halogens is 1. The fourth-order valence-corrected chi connectivity index (χ4v) is 2.70. The van der Waals surface area contributed by atoms with Crippen molar-refractivity contribution >= 4 is 46.6 Å². The van der Waals surface area contributed by atoms with E-state index in [1.165, 1.54) is 6.92 Å². The van der Waals surface area contributed by atoms with Crippen LogP contribution in [-0.2, 0) is 9.59 Å². The standard InChI is InChI=1S/C15H15ClN4O4S/c1-7(12(22)18-10-5-3-9(16)4-6-10)25-15-19-13(23)11(14(24)20-15)17-8(2)21/h3-7H,1-2H3,(H,17,21)(H,18,22)(H2,19,20,23,24)/t7-/m0/s1. The third-order valence-electron chi connectivity index (χ3n) is 2.95. The van der Waals surface area contributed by atoms with Crippen molar-refractivity contribution < 1.29 is 14.7 Å². The average molecular weight is 383 g/mol. The predicted molar refractivity (Wildman–Crippen MR) is 96.2 cm³/mol. The van der Waals surface area contributed by atoms with Gasteiger partial charge < -0.3 is 15.7 Å². The highest BCUT2D eigenvalue weighted by atomic mass is 35.5. The summed E-state index contributed by atoms with van der Waals surface area (Å²) in [6, 6.07) is 6.61. The molecule has 2 amide bonds. The quantitative estimate of drug-likeness (QED) is 0.464. The molecule has 0 aliphatic rings. The summed E-state index contributed by atoms with van der Waals surface area (Å²) < 4.78 is 0. The van der Waals surface area contributed by atoms with E-state index < -0.39 is 22.6 Å². The first kappa shape index (κ1) is 18.8. The normalized spacial score (nSPS) is 11.6. The lowest BCUT2D eigenvalue weighted by Crippen LogP contribution is -2.24. The second-order valence-corrected chi connectivity index (χ2v) is 6.77. The van der Waals surface area contributed by atoms with Gasteiger partial charge in [-0.3, -0.25) is 19.4 Å². The molecule has 0 spiro atoms. The number of aromatic amines is 1. The van der Waals surface area contributed by atoms with E-state index in [-0.39, 0.29) is 16.8 Å². The van der Waals surface area contributed by atoms with Crippen LogP contribution in [0.4, 0.5) is 11.4 Å². The minimum Gasteiger partial charge on any atom is -0.492 e. The number of thioether (sulfide) groups is 1. The zero-order valence-corrected chi connectivity index (χ0v) is 14.9. The summed E-state index contributed by atoms with van der Waals surface area (Å²) >= 11 is 6.74. The number of nitrogens with one attached hydrogen (secondary N) is 3. The van der Waals surface area contributed by atoms with Gasteiger partial charge in [0.05, 0.1) is 5.25 Å². The summed E-state index contributed by atoms with van der Waals surface area (Å²) in [7, 11) is 0. The fraction of sp³-hybridized carbons (Fsp3) is 0.200. The van der Waals surface area contributed by atoms with Crippen molar-refractivity contribution in [3.05, 3.63) is 39.6 Å². The van der Waals surface area contributed by atoms with Crippen LogP contribution in [0.5, 0.6) is 5.88 Å². The lowest BCUT2D eigenvalue weighted by Gasteiger charge is -2.12. The lowest BCUT2D eigenvalue weighted by atomic mass is 10.3. The van der Waals surface area contributed by atoms with E-state index in [9.17, 15) is 19.5 Å². The van der Waals surface area contributed by atoms with Gasteiger partial charge in [-0.2, -0.15) is 4.98 Å². The van der Waals surface area contributed by atoms with Gasteiger partial charge in [-0.05, 0) is 31.2 Å². The summed E-state index contributed by atoms with van der Waals surface area (Å²) in [6.07, 6.45) is 0. The molecule has 0 saturated heterocycles. The first-order chi connectivity index (χ1) is 11.8. The van der Waals surface area contributed by atoms with Crippen LogP contribution in [0.25, 0.3) is 0 Å². The lowest BCUT2D eigenvalue weighted by molar-refractivity contribution is -0.115. The average Bonchev–Trinajstić information content (AvgIpc) is 2.53. The molecule has 0 radical (unpaired) electrons. The highest BCUT2D eigenvalue weighted by Gasteiger charge is 2.18. The zero-order valence-electron chi connectivity index (χ0n) is 13.3. The van der Waals surface area contributed by atoms with E-state index in [1.54, 1.807) is 31.2 Å². The van der Waals surface area contributed by atoms with Crippen LogP contribution >= 0.6 is 23.4 Å². The van der Waals surface area contributed by atoms with Crippen LogP contribution < -0.4 is 16.2 Å². The maximum atomic E-state index is 12.2. The highest BCUT2D eigenvalue weighted by molar-refractivity contribution is 8.00. The molecule has 0 saturated carbocycles. The molecule has 1 aromatic heterocycles. The SMILES string of the molecule is CC(=O)Nc1c(O)nc(S[C@@H](C)C(=O)Nc2ccc(Cl)cc2)[nH]c1=O. The second-order valence-electron chi connectivity index (χ2n) is 5.01. The first-order valence-electron chi connectivity index (χ1n) is 7.10. The van der Waals surface area contributed by atoms with Crippen molar-refractivity contribution in [2.24, 2.45) is 0 Å². The number of benzene rings is 1. The predicted octanol–water partition coefficient (Wildman–Crippen LogP) is 2.21. The largest absolute Gasteiger partial charge is 0.492 e. The van der Waals surface area contributed by atoms with Gasteiger partial charge in [-0.1, -0.05) is 23.4 Å². The summed E-state index contributed by atoms with van der Waals surface area (Å²) in [4.78, 5) is 41.2. The first-order valence-corrected chi connectivity index (χ1v) is 8.36. The molecule has 10 heteroatoms. The Balaban J connectivity index is 2.08. The van der Waals surface area contributed by atoms with E-state index >= 15 is 0 Å². The maximum absolute atomic E-state index is 12.2. The van der Waals surface area contributed by atoms with Gasteiger partial charge in [-0.15, -0.1) is 0 Å². The second kappa shape index (κ2) is 8.04. The molecule has 0 aliphatic heterocycles. The van der Waals surface area contributed by atoms with E-state index in [0.717, 1.165) is 11.8 Å². The molecule has 0 fully saturated rings. The molecule has 8 nitrogen and oxygen atoms in total. The highest BCUT2D eigenvalue weighted by Crippen LogP contribution is 2.24. The van der Waals surface area contributed by atoms with Crippen molar-refractivity contribution in [3.8, 4) is 5.88 Å². The number of carbonyl (C=O) groups is 2. The van der Waals surface area contributed by atoms with Crippen LogP contribution in [0.15, 0.2) is 34.2 Å². The van der Waals surface area contributed by atoms with E-state index in [4.69, 9.17) is 11.6 Å². The van der Waals surface area contributed by atoms with Gasteiger partial charge in [0.1, 0.15) is 0 Å². The molecule has 132 valence electrons. The van der Waals surface area contributed by atoms with Crippen molar-refractivity contribution in [1.29, 1.82) is 0 Å². The van der Waals surface area contributed by atoms with Gasteiger partial charge in [0.15, 0.2) is 10.8 Å². The molecule has 2 aromatic rings. The van der Waals surface area contributed by atoms with Gasteiger partial charge >= 0.3 is 0 Å². The third-order valence-corrected chi connectivity index (χ3v) is 4.19. The molecular weight excluding hydrogens is 368 g/mol. The number of rotatable bonds is 5. The third kappa shape index (κ3) is 5.23. The van der Waals surface area contributed by atoms with E-state index in [2.05, 4.69) is 20.6 Å². The Bertz CT molecular complexity index is 854. The molecule has 0 unspecified atom stereocenters. The molecule has 1 aromatic carbocycles. The molecule has 1 heterocycles. The van der Waals surface area contributed by atoms with Crippen molar-refractivity contribution in [1.82, 2.24) is 9.97 Å².